The summed E-state index contributed by atoms with van der Waals surface area (Å²) in [6.07, 6.45) is 0. The summed E-state index contributed by atoms with van der Waals surface area (Å²) in [5.41, 5.74) is 0. The summed E-state index contributed by atoms with van der Waals surface area (Å²) in [4.78, 5) is 34.7. The van der Waals surface area contributed by atoms with Gasteiger partial charge in [-0.15, -0.1) is 0 Å². The molecule has 0 amide bonds. The van der Waals surface area contributed by atoms with E-state index in [0.717, 1.165) is 46.7 Å². The fourth-order valence-electron chi connectivity index (χ4n) is 7.61. The first-order valence-corrected chi connectivity index (χ1v) is 26.2. The predicted octanol–water partition coefficient (Wildman–Crippen LogP) is 4.95. The summed E-state index contributed by atoms with van der Waals surface area (Å²) >= 11 is 0. The first kappa shape index (κ1) is 48.1. The van der Waals surface area contributed by atoms with Crippen molar-refractivity contribution in [3.05, 3.63) is 273 Å². The maximum atomic E-state index is 11.6. The van der Waals surface area contributed by atoms with Gasteiger partial charge in [-0.25, -0.2) is 0 Å². The molecule has 9 aromatic carbocycles. The fourth-order valence-corrected chi connectivity index (χ4v) is 16.7. The maximum Gasteiger partial charge on any atom is 0.285 e. The van der Waals surface area contributed by atoms with Crippen molar-refractivity contribution in [3.8, 4) is 0 Å². The van der Waals surface area contributed by atoms with Crippen LogP contribution < -0.4 is 46.7 Å². The molecule has 9 rings (SSSR count). The van der Waals surface area contributed by atoms with Crippen molar-refractivity contribution in [1.29, 1.82) is 0 Å². The summed E-state index contributed by atoms with van der Waals surface area (Å²) in [6.45, 7) is 0. The van der Waals surface area contributed by atoms with Crippen molar-refractivity contribution >= 4 is 71.6 Å². The standard InChI is InChI=1S/3C18H16OSi.H2O2.V/c3*19-20(16-10-4-1-5-11-16,17-12-6-2-7-13-17)18-14-8-3-9-15-18;1-2;/h3*1-15,19H;1-2H;. The zero-order valence-corrected chi connectivity index (χ0v) is 39.1. The van der Waals surface area contributed by atoms with Crippen LogP contribution in [0.2, 0.25) is 0 Å². The van der Waals surface area contributed by atoms with Gasteiger partial charge in [-0.3, -0.25) is 10.5 Å². The molecule has 0 saturated carbocycles. The van der Waals surface area contributed by atoms with Gasteiger partial charge >= 0.3 is 0 Å². The largest absolute Gasteiger partial charge is 0.421 e. The zero-order chi connectivity index (χ0) is 43.5. The summed E-state index contributed by atoms with van der Waals surface area (Å²) < 4.78 is 0. The first-order valence-electron chi connectivity index (χ1n) is 20.3. The van der Waals surface area contributed by atoms with Crippen molar-refractivity contribution in [1.82, 2.24) is 0 Å². The molecule has 63 heavy (non-hydrogen) atoms. The maximum absolute atomic E-state index is 11.6. The number of benzene rings is 9. The summed E-state index contributed by atoms with van der Waals surface area (Å²) in [5, 5.41) is 21.1. The molecule has 0 aliphatic heterocycles. The predicted molar refractivity (Wildman–Crippen MR) is 264 cm³/mol. The van der Waals surface area contributed by atoms with Crippen LogP contribution in [0.25, 0.3) is 0 Å². The van der Waals surface area contributed by atoms with E-state index in [4.69, 9.17) is 10.5 Å². The van der Waals surface area contributed by atoms with Crippen molar-refractivity contribution in [2.45, 2.75) is 0 Å². The van der Waals surface area contributed by atoms with Crippen LogP contribution in [0.4, 0.5) is 0 Å². The second-order valence-electron chi connectivity index (χ2n) is 14.4. The Labute approximate surface area is 385 Å². The van der Waals surface area contributed by atoms with Crippen LogP contribution in [0.5, 0.6) is 0 Å². The van der Waals surface area contributed by atoms with E-state index in [1.807, 2.05) is 273 Å². The molecule has 1 radical (unpaired) electrons. The molecule has 0 saturated heterocycles. The number of hydrogen-bond acceptors (Lipinski definition) is 5. The zero-order valence-electron chi connectivity index (χ0n) is 34.7. The van der Waals surface area contributed by atoms with E-state index in [1.54, 1.807) is 0 Å². The van der Waals surface area contributed by atoms with Gasteiger partial charge in [-0.05, 0) is 46.7 Å². The number of hydrogen-bond donors (Lipinski definition) is 5. The SMILES string of the molecule is OO.O[Si](c1ccccc1)(c1ccccc1)c1ccccc1.O[Si](c1ccccc1)(c1ccccc1)c1ccccc1.O[Si](c1ccccc1)(c1ccccc1)c1ccccc1.[V]. The topological polar surface area (TPSA) is 101 Å². The molecule has 0 heterocycles. The molecule has 0 aromatic heterocycles. The van der Waals surface area contributed by atoms with Crippen LogP contribution in [0.3, 0.4) is 0 Å². The molecule has 0 bridgehead atoms. The minimum absolute atomic E-state index is 0. The van der Waals surface area contributed by atoms with Crippen LogP contribution >= 0.6 is 0 Å². The minimum atomic E-state index is -2.88. The Kier molecular flexibility index (Phi) is 18.3. The van der Waals surface area contributed by atoms with E-state index in [2.05, 4.69) is 0 Å². The van der Waals surface area contributed by atoms with Gasteiger partial charge in [0.25, 0.3) is 25.0 Å². The van der Waals surface area contributed by atoms with E-state index in [9.17, 15) is 14.4 Å². The van der Waals surface area contributed by atoms with Crippen molar-refractivity contribution in [2.75, 3.05) is 0 Å². The van der Waals surface area contributed by atoms with Gasteiger partial charge in [0.1, 0.15) is 0 Å². The molecular weight excluding hydrogens is 864 g/mol. The summed E-state index contributed by atoms with van der Waals surface area (Å²) in [7, 11) is -8.63. The monoisotopic (exact) mass is 913 g/mol. The van der Waals surface area contributed by atoms with E-state index < -0.39 is 25.0 Å². The molecule has 0 unspecified atom stereocenters. The average molecular weight is 914 g/mol. The summed E-state index contributed by atoms with van der Waals surface area (Å²) in [5.74, 6) is 0. The Balaban J connectivity index is 0.000000173. The molecular formula is C54H50O5Si3V. The second kappa shape index (κ2) is 24.0. The van der Waals surface area contributed by atoms with Gasteiger partial charge in [0, 0.05) is 18.6 Å². The molecule has 313 valence electrons. The van der Waals surface area contributed by atoms with Gasteiger partial charge in [-0.2, -0.15) is 0 Å². The fraction of sp³-hybridized carbons (Fsp3) is 0. The molecule has 5 nitrogen and oxygen atoms in total. The van der Waals surface area contributed by atoms with Crippen molar-refractivity contribution in [2.24, 2.45) is 0 Å². The normalized spacial score (nSPS) is 10.8. The van der Waals surface area contributed by atoms with Crippen LogP contribution in [0.15, 0.2) is 273 Å². The van der Waals surface area contributed by atoms with E-state index >= 15 is 0 Å². The van der Waals surface area contributed by atoms with Crippen LogP contribution in [-0.4, -0.2) is 49.9 Å². The molecule has 5 N–H and O–H groups in total. The Bertz CT molecular complexity index is 2020. The minimum Gasteiger partial charge on any atom is -0.421 e. The molecule has 0 aliphatic carbocycles. The van der Waals surface area contributed by atoms with Gasteiger partial charge in [0.15, 0.2) is 0 Å². The molecule has 0 aliphatic rings. The van der Waals surface area contributed by atoms with Crippen LogP contribution in [0, 0.1) is 0 Å². The van der Waals surface area contributed by atoms with E-state index in [1.165, 1.54) is 0 Å². The average Bonchev–Trinajstić information content (AvgIpc) is 3.39. The van der Waals surface area contributed by atoms with E-state index in [0.29, 0.717) is 0 Å². The molecule has 9 heteroatoms. The van der Waals surface area contributed by atoms with Crippen LogP contribution in [-0.2, 0) is 18.6 Å². The number of rotatable bonds is 9. The Hall–Kier alpha value is -5.98. The van der Waals surface area contributed by atoms with Gasteiger partial charge in [-0.1, -0.05) is 273 Å². The molecule has 0 atom stereocenters. The third-order valence-electron chi connectivity index (χ3n) is 10.7. The molecule has 9 aromatic rings. The third-order valence-corrected chi connectivity index (χ3v) is 21.2. The van der Waals surface area contributed by atoms with Crippen LogP contribution in [0.1, 0.15) is 0 Å². The van der Waals surface area contributed by atoms with Crippen molar-refractivity contribution in [3.63, 3.8) is 0 Å². The molecule has 0 fully saturated rings. The second-order valence-corrected chi connectivity index (χ2v) is 23.9. The summed E-state index contributed by atoms with van der Waals surface area (Å²) in [6, 6.07) is 89.9. The molecule has 0 spiro atoms. The Morgan fingerprint density at radius 2 is 0.254 bits per heavy atom. The third kappa shape index (κ3) is 11.3. The Morgan fingerprint density at radius 1 is 0.175 bits per heavy atom. The van der Waals surface area contributed by atoms with Crippen molar-refractivity contribution < 1.29 is 43.5 Å². The van der Waals surface area contributed by atoms with Gasteiger partial charge in [0.2, 0.25) is 0 Å². The quantitative estimate of drug-likeness (QED) is 0.0612. The van der Waals surface area contributed by atoms with Gasteiger partial charge < -0.3 is 14.4 Å². The smallest absolute Gasteiger partial charge is 0.285 e. The Morgan fingerprint density at radius 3 is 0.333 bits per heavy atom. The first-order chi connectivity index (χ1) is 30.4. The van der Waals surface area contributed by atoms with Gasteiger partial charge in [0.05, 0.1) is 0 Å². The van der Waals surface area contributed by atoms with E-state index in [-0.39, 0.29) is 18.6 Å².